The van der Waals surface area contributed by atoms with Crippen LogP contribution in [-0.2, 0) is 4.79 Å². The molecule has 0 radical (unpaired) electrons. The Balaban J connectivity index is 2.37. The van der Waals surface area contributed by atoms with Crippen molar-refractivity contribution >= 4 is 33.4 Å². The summed E-state index contributed by atoms with van der Waals surface area (Å²) in [5.74, 6) is 0.156. The van der Waals surface area contributed by atoms with Gasteiger partial charge in [0.25, 0.3) is 0 Å². The number of amides is 1. The fourth-order valence-corrected chi connectivity index (χ4v) is 1.75. The van der Waals surface area contributed by atoms with Gasteiger partial charge in [0.1, 0.15) is 5.88 Å². The van der Waals surface area contributed by atoms with Crippen LogP contribution in [0.1, 0.15) is 6.42 Å². The molecular weight excluding hydrogens is 217 g/mol. The second kappa shape index (κ2) is 3.58. The van der Waals surface area contributed by atoms with E-state index in [1.165, 1.54) is 0 Å². The predicted octanol–water partition coefficient (Wildman–Crippen LogP) is 1.22. The predicted molar refractivity (Wildman–Crippen MR) is 44.6 cm³/mol. The number of hydrogen-bond donors (Lipinski definition) is 0. The Morgan fingerprint density at radius 2 is 2.50 bits per heavy atom. The number of rotatable bonds is 1. The zero-order valence-corrected chi connectivity index (χ0v) is 7.86. The number of alkyl halides is 2. The smallest absolute Gasteiger partial charge is 0.237 e. The monoisotopic (exact) mass is 225 g/mol. The van der Waals surface area contributed by atoms with Gasteiger partial charge >= 0.3 is 0 Å². The molecule has 1 heterocycles. The van der Waals surface area contributed by atoms with Crippen molar-refractivity contribution in [2.75, 3.05) is 19.0 Å². The minimum Gasteiger partial charge on any atom is -0.341 e. The second-order valence-electron chi connectivity index (χ2n) is 2.36. The first-order valence-corrected chi connectivity index (χ1v) is 4.67. The van der Waals surface area contributed by atoms with Crippen molar-refractivity contribution in [3.05, 3.63) is 0 Å². The maximum atomic E-state index is 10.9. The Hall–Kier alpha value is 0.240. The minimum absolute atomic E-state index is 0.0450. The van der Waals surface area contributed by atoms with E-state index < -0.39 is 0 Å². The molecule has 10 heavy (non-hydrogen) atoms. The fraction of sp³-hybridized carbons (Fsp3) is 0.833. The van der Waals surface area contributed by atoms with Gasteiger partial charge in [0.05, 0.1) is 0 Å². The topological polar surface area (TPSA) is 20.3 Å². The van der Waals surface area contributed by atoms with E-state index in [1.807, 2.05) is 0 Å². The Morgan fingerprint density at radius 3 is 2.90 bits per heavy atom. The third kappa shape index (κ3) is 1.86. The van der Waals surface area contributed by atoms with Gasteiger partial charge in [0, 0.05) is 17.9 Å². The number of halogens is 2. The average Bonchev–Trinajstić information content (AvgIpc) is 2.34. The molecular formula is C6H9BrClNO. The van der Waals surface area contributed by atoms with Gasteiger partial charge < -0.3 is 4.90 Å². The van der Waals surface area contributed by atoms with Crippen molar-refractivity contribution in [1.29, 1.82) is 0 Å². The van der Waals surface area contributed by atoms with E-state index in [4.69, 9.17) is 11.6 Å². The fourth-order valence-electron chi connectivity index (χ4n) is 1.03. The summed E-state index contributed by atoms with van der Waals surface area (Å²) in [5, 5.41) is 0. The first-order valence-electron chi connectivity index (χ1n) is 3.22. The summed E-state index contributed by atoms with van der Waals surface area (Å²) in [5.41, 5.74) is 0. The molecule has 1 rings (SSSR count). The van der Waals surface area contributed by atoms with Gasteiger partial charge in [-0.2, -0.15) is 0 Å². The Labute approximate surface area is 73.7 Å². The quantitative estimate of drug-likeness (QED) is 0.616. The summed E-state index contributed by atoms with van der Waals surface area (Å²) >= 11 is 8.81. The highest BCUT2D eigenvalue weighted by Gasteiger charge is 2.22. The molecule has 0 aliphatic carbocycles. The molecule has 0 aromatic rings. The van der Waals surface area contributed by atoms with E-state index in [0.29, 0.717) is 4.83 Å². The number of nitrogens with zero attached hydrogens (tertiary/aromatic N) is 1. The molecule has 1 aliphatic rings. The normalized spacial score (nSPS) is 25.4. The molecule has 0 aromatic carbocycles. The molecule has 1 atom stereocenters. The van der Waals surface area contributed by atoms with Crippen molar-refractivity contribution in [2.24, 2.45) is 0 Å². The molecule has 0 saturated carbocycles. The first kappa shape index (κ1) is 8.34. The summed E-state index contributed by atoms with van der Waals surface area (Å²) in [7, 11) is 0. The van der Waals surface area contributed by atoms with Crippen molar-refractivity contribution < 1.29 is 4.79 Å². The average molecular weight is 227 g/mol. The maximum Gasteiger partial charge on any atom is 0.237 e. The van der Waals surface area contributed by atoms with Gasteiger partial charge in [-0.25, -0.2) is 0 Å². The van der Waals surface area contributed by atoms with Crippen LogP contribution in [0.4, 0.5) is 0 Å². The third-order valence-corrected chi connectivity index (χ3v) is 2.57. The Morgan fingerprint density at radius 1 is 1.80 bits per heavy atom. The summed E-state index contributed by atoms with van der Waals surface area (Å²) in [4.78, 5) is 13.2. The summed E-state index contributed by atoms with van der Waals surface area (Å²) in [6.07, 6.45) is 1.04. The van der Waals surface area contributed by atoms with Crippen LogP contribution in [0.5, 0.6) is 0 Å². The van der Waals surface area contributed by atoms with E-state index in [0.717, 1.165) is 19.5 Å². The van der Waals surface area contributed by atoms with Crippen LogP contribution < -0.4 is 0 Å². The summed E-state index contributed by atoms with van der Waals surface area (Å²) < 4.78 is 0. The lowest BCUT2D eigenvalue weighted by Gasteiger charge is -2.12. The highest BCUT2D eigenvalue weighted by atomic mass is 79.9. The molecule has 0 spiro atoms. The van der Waals surface area contributed by atoms with E-state index in [9.17, 15) is 4.79 Å². The standard InChI is InChI=1S/C6H9BrClNO/c7-5-1-2-9(4-5)6(10)3-8/h5H,1-4H2. The number of carbonyl (C=O) groups excluding carboxylic acids is 1. The molecule has 0 aromatic heterocycles. The molecule has 2 nitrogen and oxygen atoms in total. The molecule has 1 amide bonds. The Kier molecular flexibility index (Phi) is 2.98. The van der Waals surface area contributed by atoms with E-state index >= 15 is 0 Å². The third-order valence-electron chi connectivity index (χ3n) is 1.60. The molecule has 0 bridgehead atoms. The van der Waals surface area contributed by atoms with Crippen molar-refractivity contribution in [1.82, 2.24) is 4.90 Å². The lowest BCUT2D eigenvalue weighted by atomic mass is 10.4. The van der Waals surface area contributed by atoms with Gasteiger partial charge in [-0.3, -0.25) is 4.79 Å². The second-order valence-corrected chi connectivity index (χ2v) is 3.92. The lowest BCUT2D eigenvalue weighted by molar-refractivity contribution is -0.127. The largest absolute Gasteiger partial charge is 0.341 e. The van der Waals surface area contributed by atoms with Gasteiger partial charge in [0.15, 0.2) is 0 Å². The van der Waals surface area contributed by atoms with E-state index in [2.05, 4.69) is 15.9 Å². The molecule has 1 saturated heterocycles. The molecule has 0 N–H and O–H groups in total. The summed E-state index contributed by atoms with van der Waals surface area (Å²) in [6.45, 7) is 1.66. The molecule has 1 aliphatic heterocycles. The lowest BCUT2D eigenvalue weighted by Crippen LogP contribution is -2.29. The number of hydrogen-bond acceptors (Lipinski definition) is 1. The zero-order chi connectivity index (χ0) is 7.56. The van der Waals surface area contributed by atoms with Gasteiger partial charge in [-0.15, -0.1) is 11.6 Å². The van der Waals surface area contributed by atoms with Crippen LogP contribution in [0, 0.1) is 0 Å². The number of carbonyl (C=O) groups is 1. The molecule has 1 fully saturated rings. The van der Waals surface area contributed by atoms with Crippen molar-refractivity contribution in [2.45, 2.75) is 11.2 Å². The summed E-state index contributed by atoms with van der Waals surface area (Å²) in [6, 6.07) is 0. The van der Waals surface area contributed by atoms with Gasteiger partial charge in [0.2, 0.25) is 5.91 Å². The van der Waals surface area contributed by atoms with Crippen LogP contribution in [0.25, 0.3) is 0 Å². The van der Waals surface area contributed by atoms with E-state index in [-0.39, 0.29) is 11.8 Å². The molecule has 58 valence electrons. The van der Waals surface area contributed by atoms with Gasteiger partial charge in [-0.1, -0.05) is 15.9 Å². The number of likely N-dealkylation sites (tertiary alicyclic amines) is 1. The van der Waals surface area contributed by atoms with Crippen LogP contribution >= 0.6 is 27.5 Å². The van der Waals surface area contributed by atoms with E-state index in [1.54, 1.807) is 4.90 Å². The highest BCUT2D eigenvalue weighted by molar-refractivity contribution is 9.09. The van der Waals surface area contributed by atoms with Crippen LogP contribution in [0.2, 0.25) is 0 Å². The Bertz CT molecular complexity index is 142. The van der Waals surface area contributed by atoms with Crippen molar-refractivity contribution in [3.8, 4) is 0 Å². The highest BCUT2D eigenvalue weighted by Crippen LogP contribution is 2.16. The minimum atomic E-state index is 0.0450. The molecule has 1 unspecified atom stereocenters. The van der Waals surface area contributed by atoms with Crippen molar-refractivity contribution in [3.63, 3.8) is 0 Å². The van der Waals surface area contributed by atoms with Crippen LogP contribution in [0.3, 0.4) is 0 Å². The first-order chi connectivity index (χ1) is 4.74. The van der Waals surface area contributed by atoms with Gasteiger partial charge in [-0.05, 0) is 6.42 Å². The SMILES string of the molecule is O=C(CCl)N1CCC(Br)C1. The maximum absolute atomic E-state index is 10.9. The van der Waals surface area contributed by atoms with Crippen LogP contribution in [0.15, 0.2) is 0 Å². The van der Waals surface area contributed by atoms with Crippen LogP contribution in [-0.4, -0.2) is 34.6 Å². The zero-order valence-electron chi connectivity index (χ0n) is 5.52. The molecule has 4 heteroatoms.